The average molecular weight is 370 g/mol. The smallest absolute Gasteiger partial charge is 0.255 e. The van der Waals surface area contributed by atoms with Crippen LogP contribution in [0.25, 0.3) is 22.6 Å². The number of nitrogens with zero attached hydrogens (tertiary/aromatic N) is 1. The first kappa shape index (κ1) is 18.0. The summed E-state index contributed by atoms with van der Waals surface area (Å²) in [5, 5.41) is 2.94. The Labute approximate surface area is 164 Å². The number of carbonyl (C=O) groups excluding carboxylic acids is 1. The quantitative estimate of drug-likeness (QED) is 0.467. The molecule has 0 saturated carbocycles. The Morgan fingerprint density at radius 1 is 1.00 bits per heavy atom. The highest BCUT2D eigenvalue weighted by Crippen LogP contribution is 2.27. The van der Waals surface area contributed by atoms with Gasteiger partial charge in [-0.3, -0.25) is 4.79 Å². The molecule has 0 bridgehead atoms. The number of benzene rings is 3. The highest BCUT2D eigenvalue weighted by molar-refractivity contribution is 6.05. The van der Waals surface area contributed by atoms with E-state index in [1.165, 1.54) is 5.56 Å². The van der Waals surface area contributed by atoms with Crippen LogP contribution < -0.4 is 5.32 Å². The first-order chi connectivity index (χ1) is 13.5. The lowest BCUT2D eigenvalue weighted by molar-refractivity contribution is 0.102. The van der Waals surface area contributed by atoms with Crippen LogP contribution in [0.4, 0.5) is 5.69 Å². The lowest BCUT2D eigenvalue weighted by Crippen LogP contribution is -2.11. The van der Waals surface area contributed by atoms with Crippen LogP contribution in [-0.2, 0) is 0 Å². The minimum Gasteiger partial charge on any atom is -0.436 e. The van der Waals surface area contributed by atoms with E-state index < -0.39 is 0 Å². The molecule has 28 heavy (non-hydrogen) atoms. The van der Waals surface area contributed by atoms with Crippen molar-refractivity contribution < 1.29 is 9.21 Å². The number of aromatic nitrogens is 1. The fourth-order valence-corrected chi connectivity index (χ4v) is 3.13. The van der Waals surface area contributed by atoms with Crippen molar-refractivity contribution >= 4 is 22.7 Å². The third kappa shape index (κ3) is 3.67. The van der Waals surface area contributed by atoms with Crippen LogP contribution in [0.15, 0.2) is 71.1 Å². The summed E-state index contributed by atoms with van der Waals surface area (Å²) in [5.41, 5.74) is 6.02. The van der Waals surface area contributed by atoms with Crippen molar-refractivity contribution in [2.75, 3.05) is 5.32 Å². The van der Waals surface area contributed by atoms with E-state index in [0.29, 0.717) is 34.2 Å². The summed E-state index contributed by atoms with van der Waals surface area (Å²) < 4.78 is 5.87. The van der Waals surface area contributed by atoms with Gasteiger partial charge in [-0.15, -0.1) is 0 Å². The van der Waals surface area contributed by atoms with E-state index in [0.717, 1.165) is 11.1 Å². The molecule has 4 rings (SSSR count). The van der Waals surface area contributed by atoms with E-state index in [4.69, 9.17) is 4.42 Å². The highest BCUT2D eigenvalue weighted by Gasteiger charge is 2.11. The summed E-state index contributed by atoms with van der Waals surface area (Å²) in [6.45, 7) is 6.30. The molecule has 1 amide bonds. The lowest BCUT2D eigenvalue weighted by atomic mass is 10.0. The molecule has 0 aliphatic heterocycles. The Morgan fingerprint density at radius 2 is 1.79 bits per heavy atom. The monoisotopic (exact) mass is 370 g/mol. The van der Waals surface area contributed by atoms with E-state index in [1.54, 1.807) is 0 Å². The van der Waals surface area contributed by atoms with E-state index in [1.807, 2.05) is 73.7 Å². The van der Waals surface area contributed by atoms with E-state index >= 15 is 0 Å². The first-order valence-corrected chi connectivity index (χ1v) is 9.38. The molecule has 0 unspecified atom stereocenters. The number of amides is 1. The Hall–Kier alpha value is -3.40. The van der Waals surface area contributed by atoms with Gasteiger partial charge in [0, 0.05) is 16.8 Å². The molecule has 4 nitrogen and oxygen atoms in total. The van der Waals surface area contributed by atoms with Crippen LogP contribution in [0.5, 0.6) is 0 Å². The molecule has 1 heterocycles. The Morgan fingerprint density at radius 3 is 2.50 bits per heavy atom. The van der Waals surface area contributed by atoms with Gasteiger partial charge < -0.3 is 9.73 Å². The van der Waals surface area contributed by atoms with E-state index in [-0.39, 0.29) is 5.91 Å². The molecule has 4 heteroatoms. The van der Waals surface area contributed by atoms with Crippen LogP contribution in [0.2, 0.25) is 0 Å². The molecular formula is C24H22N2O2. The van der Waals surface area contributed by atoms with Gasteiger partial charge in [0.25, 0.3) is 5.91 Å². The average Bonchev–Trinajstić information content (AvgIpc) is 3.11. The van der Waals surface area contributed by atoms with Crippen LogP contribution in [0.1, 0.15) is 41.3 Å². The van der Waals surface area contributed by atoms with Crippen molar-refractivity contribution in [2.24, 2.45) is 0 Å². The van der Waals surface area contributed by atoms with Gasteiger partial charge in [-0.25, -0.2) is 4.98 Å². The molecule has 0 spiro atoms. The zero-order valence-corrected chi connectivity index (χ0v) is 16.2. The third-order valence-electron chi connectivity index (χ3n) is 4.75. The third-order valence-corrected chi connectivity index (χ3v) is 4.75. The van der Waals surface area contributed by atoms with E-state index in [2.05, 4.69) is 24.1 Å². The van der Waals surface area contributed by atoms with Crippen molar-refractivity contribution in [3.63, 3.8) is 0 Å². The van der Waals surface area contributed by atoms with Gasteiger partial charge in [0.05, 0.1) is 0 Å². The normalized spacial score (nSPS) is 11.1. The van der Waals surface area contributed by atoms with Gasteiger partial charge >= 0.3 is 0 Å². The number of hydrogen-bond donors (Lipinski definition) is 1. The number of carbonyl (C=O) groups is 1. The fourth-order valence-electron chi connectivity index (χ4n) is 3.13. The number of hydrogen-bond acceptors (Lipinski definition) is 3. The second-order valence-corrected chi connectivity index (χ2v) is 7.30. The molecule has 3 aromatic carbocycles. The molecule has 0 aliphatic carbocycles. The summed E-state index contributed by atoms with van der Waals surface area (Å²) in [6, 6.07) is 21.2. The minimum absolute atomic E-state index is 0.142. The molecule has 1 aromatic heterocycles. The molecule has 0 saturated heterocycles. The first-order valence-electron chi connectivity index (χ1n) is 9.38. The summed E-state index contributed by atoms with van der Waals surface area (Å²) in [7, 11) is 0. The van der Waals surface area contributed by atoms with E-state index in [9.17, 15) is 4.79 Å². The highest BCUT2D eigenvalue weighted by atomic mass is 16.3. The fraction of sp³-hybridized carbons (Fsp3) is 0.167. The number of anilines is 1. The lowest BCUT2D eigenvalue weighted by Gasteiger charge is -2.08. The van der Waals surface area contributed by atoms with Crippen molar-refractivity contribution in [3.05, 3.63) is 83.4 Å². The second kappa shape index (κ2) is 7.31. The standard InChI is InChI=1S/C24H22N2O2/c1-15(2)17-7-9-18(10-8-17)23(27)25-20-11-12-22-21(14-20)26-24(28-22)19-6-4-5-16(3)13-19/h4-15H,1-3H3,(H,25,27). The van der Waals surface area contributed by atoms with Crippen molar-refractivity contribution in [1.29, 1.82) is 0 Å². The summed E-state index contributed by atoms with van der Waals surface area (Å²) in [5.74, 6) is 0.873. The predicted molar refractivity (Wildman–Crippen MR) is 113 cm³/mol. The largest absolute Gasteiger partial charge is 0.436 e. The predicted octanol–water partition coefficient (Wildman–Crippen LogP) is 6.18. The van der Waals surface area contributed by atoms with Gasteiger partial charge in [0.15, 0.2) is 5.58 Å². The minimum atomic E-state index is -0.142. The second-order valence-electron chi connectivity index (χ2n) is 7.30. The molecule has 140 valence electrons. The number of rotatable bonds is 4. The van der Waals surface area contributed by atoms with Gasteiger partial charge in [0.2, 0.25) is 5.89 Å². The van der Waals surface area contributed by atoms with Crippen LogP contribution in [0, 0.1) is 6.92 Å². The molecule has 4 aromatic rings. The van der Waals surface area contributed by atoms with Crippen molar-refractivity contribution in [2.45, 2.75) is 26.7 Å². The van der Waals surface area contributed by atoms with Gasteiger partial charge in [-0.05, 0) is 60.9 Å². The number of oxazole rings is 1. The molecule has 0 atom stereocenters. The van der Waals surface area contributed by atoms with Crippen LogP contribution in [0.3, 0.4) is 0 Å². The number of fused-ring (bicyclic) bond motifs is 1. The topological polar surface area (TPSA) is 55.1 Å². The van der Waals surface area contributed by atoms with Crippen LogP contribution in [-0.4, -0.2) is 10.9 Å². The van der Waals surface area contributed by atoms with Gasteiger partial charge in [0.1, 0.15) is 5.52 Å². The molecule has 0 aliphatic rings. The SMILES string of the molecule is Cc1cccc(-c2nc3cc(NC(=O)c4ccc(C(C)C)cc4)ccc3o2)c1. The summed E-state index contributed by atoms with van der Waals surface area (Å²) >= 11 is 0. The maximum atomic E-state index is 12.5. The zero-order valence-electron chi connectivity index (χ0n) is 16.2. The molecular weight excluding hydrogens is 348 g/mol. The molecule has 1 N–H and O–H groups in total. The van der Waals surface area contributed by atoms with Crippen molar-refractivity contribution in [1.82, 2.24) is 4.98 Å². The maximum absolute atomic E-state index is 12.5. The van der Waals surface area contributed by atoms with Crippen LogP contribution >= 0.6 is 0 Å². The van der Waals surface area contributed by atoms with Gasteiger partial charge in [-0.2, -0.15) is 0 Å². The van der Waals surface area contributed by atoms with Gasteiger partial charge in [-0.1, -0.05) is 43.7 Å². The maximum Gasteiger partial charge on any atom is 0.255 e. The number of aryl methyl sites for hydroxylation is 1. The Kier molecular flexibility index (Phi) is 4.70. The summed E-state index contributed by atoms with van der Waals surface area (Å²) in [4.78, 5) is 17.1. The molecule has 0 radical (unpaired) electrons. The zero-order chi connectivity index (χ0) is 19.7. The Balaban J connectivity index is 1.56. The molecule has 0 fully saturated rings. The summed E-state index contributed by atoms with van der Waals surface area (Å²) in [6.07, 6.45) is 0. The Bertz CT molecular complexity index is 1140. The van der Waals surface area contributed by atoms with Crippen molar-refractivity contribution in [3.8, 4) is 11.5 Å². The number of nitrogens with one attached hydrogen (secondary N) is 1.